The van der Waals surface area contributed by atoms with Crippen LogP contribution in [0.5, 0.6) is 5.75 Å². The number of carbonyl (C=O) groups excluding carboxylic acids is 1. The van der Waals surface area contributed by atoms with Gasteiger partial charge in [-0.15, -0.1) is 0 Å². The summed E-state index contributed by atoms with van der Waals surface area (Å²) < 4.78 is 3.79. The second-order valence-electron chi connectivity index (χ2n) is 11.7. The van der Waals surface area contributed by atoms with E-state index in [-0.39, 0.29) is 17.6 Å². The van der Waals surface area contributed by atoms with Gasteiger partial charge in [0, 0.05) is 5.92 Å². The zero-order chi connectivity index (χ0) is 29.9. The number of para-hydroxylation sites is 1. The van der Waals surface area contributed by atoms with Crippen LogP contribution in [0.25, 0.3) is 16.6 Å². The fourth-order valence-corrected chi connectivity index (χ4v) is 6.50. The molecule has 6 rings (SSSR count). The van der Waals surface area contributed by atoms with E-state index in [4.69, 9.17) is 0 Å². The van der Waals surface area contributed by atoms with Crippen molar-refractivity contribution in [2.24, 2.45) is 11.8 Å². The van der Waals surface area contributed by atoms with E-state index in [9.17, 15) is 9.90 Å². The first kappa shape index (κ1) is 28.5. The van der Waals surface area contributed by atoms with Crippen molar-refractivity contribution in [3.8, 4) is 16.9 Å². The Kier molecular flexibility index (Phi) is 8.19. The Morgan fingerprint density at radius 3 is 2.60 bits per heavy atom. The number of fused-ring (bicyclic) bond motifs is 2. The number of aromatic nitrogens is 2. The van der Waals surface area contributed by atoms with Gasteiger partial charge in [0.1, 0.15) is 0 Å². The van der Waals surface area contributed by atoms with Gasteiger partial charge in [0.25, 0.3) is 0 Å². The number of Topliss-reactive ketones (excluding diaryl/α,β-unsaturated/α-hetero) is 1. The fourth-order valence-electron chi connectivity index (χ4n) is 6.50. The summed E-state index contributed by atoms with van der Waals surface area (Å²) in [6.45, 7) is 12.8. The van der Waals surface area contributed by atoms with Crippen LogP contribution in [0.15, 0.2) is 91.1 Å². The third-order valence-corrected chi connectivity index (χ3v) is 8.88. The van der Waals surface area contributed by atoms with E-state index < -0.39 is 0 Å². The molecule has 6 heteroatoms. The van der Waals surface area contributed by atoms with Gasteiger partial charge in [-0.25, -0.2) is 0 Å². The van der Waals surface area contributed by atoms with Crippen LogP contribution in [0.4, 0.5) is 5.82 Å². The van der Waals surface area contributed by atoms with Crippen molar-refractivity contribution >= 4 is 42.7 Å². The number of aryl methyl sites for hydroxylation is 1. The van der Waals surface area contributed by atoms with Crippen LogP contribution in [0.1, 0.15) is 42.0 Å². The minimum atomic E-state index is 0.0117. The first-order chi connectivity index (χ1) is 20.9. The predicted octanol–water partition coefficient (Wildman–Crippen LogP) is 5.96. The molecule has 5 aromatic rings. The molecule has 2 unspecified atom stereocenters. The van der Waals surface area contributed by atoms with Gasteiger partial charge in [-0.1, -0.05) is 31.2 Å². The van der Waals surface area contributed by atoms with E-state index in [1.54, 1.807) is 19.2 Å². The molecule has 43 heavy (non-hydrogen) atoms. The van der Waals surface area contributed by atoms with Crippen molar-refractivity contribution in [1.82, 2.24) is 9.61 Å². The number of phenols is 1. The van der Waals surface area contributed by atoms with Gasteiger partial charge in [-0.2, -0.15) is 0 Å². The number of ketones is 1. The van der Waals surface area contributed by atoms with E-state index in [0.717, 1.165) is 65.6 Å². The number of aromatic hydroxyl groups is 1. The third-order valence-electron chi connectivity index (χ3n) is 8.88. The van der Waals surface area contributed by atoms with Crippen molar-refractivity contribution in [3.05, 3.63) is 113 Å². The van der Waals surface area contributed by atoms with E-state index in [1.807, 2.05) is 39.4 Å². The van der Waals surface area contributed by atoms with E-state index in [2.05, 4.69) is 73.7 Å². The Morgan fingerprint density at radius 2 is 1.81 bits per heavy atom. The van der Waals surface area contributed by atoms with Gasteiger partial charge in [0.2, 0.25) is 0 Å². The van der Waals surface area contributed by atoms with E-state index in [0.29, 0.717) is 12.3 Å². The van der Waals surface area contributed by atoms with Gasteiger partial charge < -0.3 is 0 Å². The molecule has 3 aromatic carbocycles. The molecular formula is C37H37BN3O2+. The second-order valence-corrected chi connectivity index (χ2v) is 11.7. The van der Waals surface area contributed by atoms with Crippen LogP contribution < -0.4 is 5.46 Å². The maximum absolute atomic E-state index is 13.7. The number of benzene rings is 3. The summed E-state index contributed by atoms with van der Waals surface area (Å²) >= 11 is 0. The van der Waals surface area contributed by atoms with Gasteiger partial charge in [-0.3, -0.25) is 4.79 Å². The molecule has 1 aliphatic carbocycles. The van der Waals surface area contributed by atoms with Crippen LogP contribution in [0, 0.1) is 11.8 Å². The van der Waals surface area contributed by atoms with Gasteiger partial charge in [-0.05, 0) is 30.4 Å². The molecule has 0 spiro atoms. The maximum atomic E-state index is 13.7. The number of phenolic OH excluding ortho intramolecular Hbond substituents is 1. The number of rotatable bonds is 10. The topological polar surface area (TPSA) is 57.6 Å². The molecule has 214 valence electrons. The van der Waals surface area contributed by atoms with Gasteiger partial charge in [0.05, 0.1) is 0 Å². The minimum absolute atomic E-state index is 0.0117. The first-order valence-corrected chi connectivity index (χ1v) is 15.1. The average Bonchev–Trinajstić information content (AvgIpc) is 3.46. The summed E-state index contributed by atoms with van der Waals surface area (Å²) in [5, 5.41) is 15.2. The van der Waals surface area contributed by atoms with Gasteiger partial charge in [0.15, 0.2) is 0 Å². The van der Waals surface area contributed by atoms with Crippen molar-refractivity contribution in [1.29, 1.82) is 0 Å². The van der Waals surface area contributed by atoms with E-state index in [1.165, 1.54) is 16.7 Å². The summed E-state index contributed by atoms with van der Waals surface area (Å²) in [6, 6.07) is 28.4. The Bertz CT molecular complexity index is 1840. The van der Waals surface area contributed by atoms with Crippen LogP contribution in [0.2, 0.25) is 0 Å². The summed E-state index contributed by atoms with van der Waals surface area (Å²) in [7, 11) is 0. The van der Waals surface area contributed by atoms with Gasteiger partial charge >= 0.3 is 182 Å². The first-order valence-electron chi connectivity index (χ1n) is 15.1. The number of carbonyl (C=O) groups is 1. The SMILES string of the molecule is C=Bc1cnn2c([N+](=C)Cc3cccc(CC(CC)C(=O)C4CCc5ccccc5C4)c3)cc(-c3ccccc3O)cc12. The number of hydrogen-bond acceptors (Lipinski definition) is 3. The Hall–Kier alpha value is -4.58. The molecule has 5 nitrogen and oxygen atoms in total. The molecular weight excluding hydrogens is 529 g/mol. The molecule has 1 N–H and O–H groups in total. The molecule has 2 heterocycles. The van der Waals surface area contributed by atoms with Crippen molar-refractivity contribution < 1.29 is 14.5 Å². The predicted molar refractivity (Wildman–Crippen MR) is 176 cm³/mol. The Morgan fingerprint density at radius 1 is 1.05 bits per heavy atom. The molecule has 1 aliphatic rings. The molecule has 0 fully saturated rings. The number of hydrogen-bond donors (Lipinski definition) is 1. The fraction of sp³-hybridized carbons (Fsp3) is 0.243. The molecule has 0 saturated carbocycles. The quantitative estimate of drug-likeness (QED) is 0.129. The summed E-state index contributed by atoms with van der Waals surface area (Å²) in [6.07, 6.45) is 6.16. The molecule has 0 radical (unpaired) electrons. The van der Waals surface area contributed by atoms with Crippen molar-refractivity contribution in [2.45, 2.75) is 45.6 Å². The van der Waals surface area contributed by atoms with Crippen molar-refractivity contribution in [3.63, 3.8) is 0 Å². The molecule has 0 aliphatic heterocycles. The average molecular weight is 567 g/mol. The zero-order valence-electron chi connectivity index (χ0n) is 24.7. The standard InChI is InChI=1S/C37H36BN3O2/c1-4-27(37(43)30-17-16-28-12-5-6-13-29(28)20-30)19-25-10-9-11-26(18-25)24-40(3)36-22-31(32-14-7-8-15-35(32)42)21-34-33(38-2)23-39-41(34)36/h5-15,18,21-23,27,30H,2-4,16-17,19-20,24H2,1H3/p+1. The molecule has 2 atom stereocenters. The molecule has 0 amide bonds. The zero-order valence-corrected chi connectivity index (χ0v) is 24.7. The summed E-state index contributed by atoms with van der Waals surface area (Å²) in [4.78, 5) is 13.7. The summed E-state index contributed by atoms with van der Waals surface area (Å²) in [5.41, 5.74) is 8.42. The number of nitrogens with zero attached hydrogens (tertiary/aromatic N) is 3. The molecule has 0 saturated heterocycles. The molecule has 0 bridgehead atoms. The van der Waals surface area contributed by atoms with Crippen LogP contribution >= 0.6 is 0 Å². The van der Waals surface area contributed by atoms with E-state index >= 15 is 0 Å². The Balaban J connectivity index is 1.23. The second kappa shape index (κ2) is 12.3. The van der Waals surface area contributed by atoms with Crippen LogP contribution in [0.3, 0.4) is 0 Å². The van der Waals surface area contributed by atoms with Crippen molar-refractivity contribution in [2.75, 3.05) is 0 Å². The number of pyridine rings is 1. The van der Waals surface area contributed by atoms with Crippen LogP contribution in [-0.4, -0.2) is 45.2 Å². The monoisotopic (exact) mass is 566 g/mol. The Labute approximate surface area is 254 Å². The van der Waals surface area contributed by atoms with Crippen LogP contribution in [-0.2, 0) is 30.6 Å². The summed E-state index contributed by atoms with van der Waals surface area (Å²) in [5.74, 6) is 1.54. The molecule has 2 aromatic heterocycles. The third kappa shape index (κ3) is 5.87. The normalized spacial score (nSPS) is 15.0.